The number of fused-ring (bicyclic) bond motifs is 2. The van der Waals surface area contributed by atoms with Crippen molar-refractivity contribution in [1.82, 2.24) is 0 Å². The van der Waals surface area contributed by atoms with Crippen molar-refractivity contribution >= 4 is 60.2 Å². The second kappa shape index (κ2) is 8.57. The van der Waals surface area contributed by atoms with E-state index in [0.29, 0.717) is 0 Å². The first-order valence-corrected chi connectivity index (χ1v) is 12.5. The quantitative estimate of drug-likeness (QED) is 0.264. The van der Waals surface area contributed by atoms with E-state index in [1.54, 1.807) is 0 Å². The van der Waals surface area contributed by atoms with Crippen LogP contribution >= 0.6 is 16.3 Å². The van der Waals surface area contributed by atoms with Crippen LogP contribution in [0.2, 0.25) is 0 Å². The fourth-order valence-corrected chi connectivity index (χ4v) is 5.40. The lowest BCUT2D eigenvalue weighted by Crippen LogP contribution is -2.02. The smallest absolute Gasteiger partial charge is 0.309 e. The minimum atomic E-state index is -1.40. The second-order valence-corrected chi connectivity index (χ2v) is 11.1. The van der Waals surface area contributed by atoms with Gasteiger partial charge in [0.15, 0.2) is 0 Å². The largest absolute Gasteiger partial charge is 0.408 e. The summed E-state index contributed by atoms with van der Waals surface area (Å²) in [6.07, 6.45) is 0. The number of hydrogen-bond donors (Lipinski definition) is 0. The summed E-state index contributed by atoms with van der Waals surface area (Å²) in [4.78, 5) is 0. The van der Waals surface area contributed by atoms with Gasteiger partial charge in [0.2, 0.25) is 0 Å². The summed E-state index contributed by atoms with van der Waals surface area (Å²) in [5.74, 6) is 0. The fourth-order valence-electron chi connectivity index (χ4n) is 3.43. The average molecular weight is 466 g/mol. The van der Waals surface area contributed by atoms with E-state index in [-0.39, 0.29) is 0 Å². The summed E-state index contributed by atoms with van der Waals surface area (Å²) in [6, 6.07) is 24.0. The molecule has 164 valence electrons. The van der Waals surface area contributed by atoms with Crippen molar-refractivity contribution in [3.63, 3.8) is 0 Å². The molecule has 6 nitrogen and oxygen atoms in total. The van der Waals surface area contributed by atoms with Gasteiger partial charge in [0.1, 0.15) is 22.3 Å². The average Bonchev–Trinajstić information content (AvgIpc) is 2.78. The van der Waals surface area contributed by atoms with Gasteiger partial charge in [0.25, 0.3) is 0 Å². The molecule has 0 atom stereocenters. The van der Waals surface area contributed by atoms with Crippen molar-refractivity contribution in [1.29, 1.82) is 0 Å². The van der Waals surface area contributed by atoms with E-state index in [4.69, 9.17) is 16.8 Å². The predicted octanol–water partition coefficient (Wildman–Crippen LogP) is 7.85. The second-order valence-electron chi connectivity index (χ2n) is 7.81. The van der Waals surface area contributed by atoms with E-state index in [2.05, 4.69) is 12.1 Å². The van der Waals surface area contributed by atoms with Crippen molar-refractivity contribution in [2.45, 2.75) is 0 Å². The third-order valence-corrected chi connectivity index (χ3v) is 7.75. The minimum absolute atomic E-state index is 0.724. The summed E-state index contributed by atoms with van der Waals surface area (Å²) in [6.45, 7) is 0. The van der Waals surface area contributed by atoms with Gasteiger partial charge >= 0.3 is 16.3 Å². The lowest BCUT2D eigenvalue weighted by molar-refractivity contribution is 0.625. The Morgan fingerprint density at radius 1 is 0.531 bits per heavy atom. The molecular weight excluding hydrogens is 442 g/mol. The maximum atomic E-state index is 6.44. The topological polar surface area (TPSA) is 59.0 Å². The van der Waals surface area contributed by atoms with Crippen molar-refractivity contribution in [3.05, 3.63) is 72.8 Å². The first kappa shape index (κ1) is 21.0. The molecule has 4 aromatic carbocycles. The van der Waals surface area contributed by atoms with Crippen LogP contribution in [0.15, 0.2) is 89.6 Å². The van der Waals surface area contributed by atoms with Crippen molar-refractivity contribution in [2.24, 2.45) is 0 Å². The molecule has 0 amide bonds. The van der Waals surface area contributed by atoms with E-state index in [0.717, 1.165) is 43.9 Å². The van der Waals surface area contributed by atoms with Gasteiger partial charge in [-0.2, -0.15) is 0 Å². The van der Waals surface area contributed by atoms with Crippen molar-refractivity contribution in [2.75, 3.05) is 37.5 Å². The molecule has 0 N–H and O–H groups in total. The highest BCUT2D eigenvalue weighted by Crippen LogP contribution is 2.35. The molecule has 0 aliphatic rings. The molecule has 4 bridgehead atoms. The zero-order valence-corrected chi connectivity index (χ0v) is 20.1. The Kier molecular flexibility index (Phi) is 5.62. The van der Waals surface area contributed by atoms with Crippen LogP contribution in [0, 0.1) is 0 Å². The maximum Gasteiger partial charge on any atom is 0.309 e. The maximum absolute atomic E-state index is 6.44. The molecule has 8 heteroatoms. The van der Waals surface area contributed by atoms with Gasteiger partial charge in [-0.1, -0.05) is 36.4 Å². The van der Waals surface area contributed by atoms with Crippen LogP contribution in [-0.4, -0.2) is 28.2 Å². The van der Waals surface area contributed by atoms with Crippen LogP contribution in [-0.2, 0) is 0 Å². The molecule has 32 heavy (non-hydrogen) atoms. The Morgan fingerprint density at radius 2 is 0.969 bits per heavy atom. The Hall–Kier alpha value is -2.88. The Morgan fingerprint density at radius 3 is 1.41 bits per heavy atom. The molecule has 0 radical (unpaired) electrons. The lowest BCUT2D eigenvalue weighted by atomic mass is 10.1. The van der Waals surface area contributed by atoms with Gasteiger partial charge in [0.05, 0.1) is 0 Å². The van der Waals surface area contributed by atoms with Gasteiger partial charge in [-0.25, -0.2) is 9.34 Å². The highest BCUT2D eigenvalue weighted by atomic mass is 31.1. The van der Waals surface area contributed by atoms with Gasteiger partial charge in [-0.05, 0) is 47.2 Å². The summed E-state index contributed by atoms with van der Waals surface area (Å²) in [5.41, 5.74) is 2.95. The van der Waals surface area contributed by atoms with Gasteiger partial charge in [-0.15, -0.1) is 0 Å². The Bertz CT molecular complexity index is 1450. The first-order chi connectivity index (χ1) is 15.5. The number of nitrogens with zero attached hydrogens (tertiary/aromatic N) is 2. The molecule has 0 saturated carbocycles. The van der Waals surface area contributed by atoms with E-state index in [1.807, 2.05) is 98.2 Å². The SMILES string of the molecule is CN(C)p1oc2ccc3cccc(op(N(C)C)oc4cccc5ccc(cc54)o1)c3c2. The van der Waals surface area contributed by atoms with Crippen LogP contribution < -0.4 is 9.34 Å². The fraction of sp³-hybridized carbons (Fsp3) is 0.167. The first-order valence-electron chi connectivity index (χ1n) is 10.2. The molecule has 0 spiro atoms. The molecular formula is C24H24N2O4P2. The normalized spacial score (nSPS) is 12.8. The van der Waals surface area contributed by atoms with Crippen LogP contribution in [0.4, 0.5) is 0 Å². The number of hydrogen-bond acceptors (Lipinski definition) is 6. The Labute approximate surface area is 187 Å². The van der Waals surface area contributed by atoms with E-state index in [9.17, 15) is 0 Å². The van der Waals surface area contributed by atoms with Crippen molar-refractivity contribution in [3.8, 4) is 0 Å². The summed E-state index contributed by atoms with van der Waals surface area (Å²) >= 11 is 0. The summed E-state index contributed by atoms with van der Waals surface area (Å²) in [5, 5.41) is 4.06. The van der Waals surface area contributed by atoms with E-state index >= 15 is 0 Å². The molecule has 0 aliphatic heterocycles. The number of rotatable bonds is 2. The molecule has 1 aromatic heterocycles. The van der Waals surface area contributed by atoms with Crippen LogP contribution in [0.5, 0.6) is 0 Å². The van der Waals surface area contributed by atoms with Gasteiger partial charge < -0.3 is 16.8 Å². The standard InChI is InChI=1S/C24H24N2O4P2/c1-25(2)31-27-19-13-11-17-7-5-9-23(21(17)15-19)29-32(26(3)4)30-24-10-6-8-18-12-14-20(28-31)16-22(18)24/h5-16H,1-4H3. The van der Waals surface area contributed by atoms with Crippen molar-refractivity contribution < 1.29 is 16.8 Å². The van der Waals surface area contributed by atoms with Gasteiger partial charge in [0, 0.05) is 39.0 Å². The lowest BCUT2D eigenvalue weighted by Gasteiger charge is -2.09. The van der Waals surface area contributed by atoms with E-state index < -0.39 is 16.3 Å². The molecule has 0 saturated heterocycles. The highest BCUT2D eigenvalue weighted by molar-refractivity contribution is 7.39. The molecule has 1 heterocycles. The third-order valence-electron chi connectivity index (χ3n) is 5.00. The zero-order valence-electron chi connectivity index (χ0n) is 18.4. The number of benzene rings is 4. The van der Waals surface area contributed by atoms with Crippen LogP contribution in [0.3, 0.4) is 0 Å². The minimum Gasteiger partial charge on any atom is -0.408 e. The predicted molar refractivity (Wildman–Crippen MR) is 135 cm³/mol. The summed E-state index contributed by atoms with van der Waals surface area (Å²) < 4.78 is 29.4. The highest BCUT2D eigenvalue weighted by Gasteiger charge is 2.07. The molecule has 0 aliphatic carbocycles. The Balaban J connectivity index is 2.04. The van der Waals surface area contributed by atoms with Crippen LogP contribution in [0.1, 0.15) is 0 Å². The molecule has 5 rings (SSSR count). The molecule has 5 aromatic rings. The third kappa shape index (κ3) is 4.11. The van der Waals surface area contributed by atoms with E-state index in [1.165, 1.54) is 0 Å². The molecule has 0 unspecified atom stereocenters. The summed E-state index contributed by atoms with van der Waals surface area (Å²) in [7, 11) is 5.06. The monoisotopic (exact) mass is 466 g/mol. The van der Waals surface area contributed by atoms with Gasteiger partial charge in [-0.3, -0.25) is 0 Å². The van der Waals surface area contributed by atoms with Crippen LogP contribution in [0.25, 0.3) is 43.9 Å². The zero-order chi connectivity index (χ0) is 22.2. The molecule has 0 fully saturated rings.